The minimum atomic E-state index is -0.121. The summed E-state index contributed by atoms with van der Waals surface area (Å²) in [6.07, 6.45) is 2.85. The monoisotopic (exact) mass is 419 g/mol. The van der Waals surface area contributed by atoms with Crippen molar-refractivity contribution in [3.05, 3.63) is 46.2 Å². The van der Waals surface area contributed by atoms with E-state index in [1.807, 2.05) is 38.3 Å². The number of amides is 1. The van der Waals surface area contributed by atoms with E-state index in [2.05, 4.69) is 25.5 Å². The van der Waals surface area contributed by atoms with E-state index in [-0.39, 0.29) is 5.91 Å². The SMILES string of the molecule is CSc1nc(C)c(CCC(=O)Nc2nnc(-c3ccccc3Cl)s2)c(C)n1. The summed E-state index contributed by atoms with van der Waals surface area (Å²) in [6.45, 7) is 3.89. The third-order valence-corrected chi connectivity index (χ3v) is 5.71. The van der Waals surface area contributed by atoms with Crippen molar-refractivity contribution >= 4 is 45.7 Å². The Labute approximate surface area is 170 Å². The Balaban J connectivity index is 1.63. The topological polar surface area (TPSA) is 80.7 Å². The van der Waals surface area contributed by atoms with Crippen molar-refractivity contribution in [1.29, 1.82) is 0 Å². The van der Waals surface area contributed by atoms with Gasteiger partial charge in [0.15, 0.2) is 10.2 Å². The molecule has 0 unspecified atom stereocenters. The molecule has 0 atom stereocenters. The zero-order valence-corrected chi connectivity index (χ0v) is 17.5. The minimum Gasteiger partial charge on any atom is -0.301 e. The van der Waals surface area contributed by atoms with Crippen LogP contribution in [0, 0.1) is 13.8 Å². The number of carbonyl (C=O) groups excluding carboxylic acids is 1. The lowest BCUT2D eigenvalue weighted by atomic mass is 10.1. The summed E-state index contributed by atoms with van der Waals surface area (Å²) in [5, 5.41) is 13.4. The molecule has 0 aliphatic rings. The quantitative estimate of drug-likeness (QED) is 0.466. The van der Waals surface area contributed by atoms with E-state index >= 15 is 0 Å². The number of aryl methyl sites for hydroxylation is 2. The highest BCUT2D eigenvalue weighted by atomic mass is 35.5. The van der Waals surface area contributed by atoms with E-state index in [1.54, 1.807) is 6.07 Å². The fraction of sp³-hybridized carbons (Fsp3) is 0.278. The molecule has 2 aromatic heterocycles. The maximum Gasteiger partial charge on any atom is 0.226 e. The summed E-state index contributed by atoms with van der Waals surface area (Å²) in [5.41, 5.74) is 3.64. The molecule has 1 N–H and O–H groups in total. The minimum absolute atomic E-state index is 0.121. The molecule has 0 aliphatic heterocycles. The normalized spacial score (nSPS) is 10.8. The number of anilines is 1. The molecule has 140 valence electrons. The highest BCUT2D eigenvalue weighted by Crippen LogP contribution is 2.31. The van der Waals surface area contributed by atoms with Crippen LogP contribution in [0.5, 0.6) is 0 Å². The lowest BCUT2D eigenvalue weighted by Crippen LogP contribution is -2.13. The second kappa shape index (κ2) is 8.77. The Morgan fingerprint density at radius 3 is 2.56 bits per heavy atom. The highest BCUT2D eigenvalue weighted by Gasteiger charge is 2.14. The van der Waals surface area contributed by atoms with Crippen LogP contribution in [0.3, 0.4) is 0 Å². The average molecular weight is 420 g/mol. The largest absolute Gasteiger partial charge is 0.301 e. The number of rotatable bonds is 6. The van der Waals surface area contributed by atoms with Gasteiger partial charge >= 0.3 is 0 Å². The third kappa shape index (κ3) is 4.82. The first-order valence-electron chi connectivity index (χ1n) is 8.24. The van der Waals surface area contributed by atoms with Gasteiger partial charge < -0.3 is 5.32 Å². The maximum absolute atomic E-state index is 12.3. The molecule has 3 aromatic rings. The van der Waals surface area contributed by atoms with Gasteiger partial charge in [-0.25, -0.2) is 9.97 Å². The molecule has 0 radical (unpaired) electrons. The van der Waals surface area contributed by atoms with Crippen molar-refractivity contribution in [3.63, 3.8) is 0 Å². The Morgan fingerprint density at radius 2 is 1.89 bits per heavy atom. The molecule has 9 heteroatoms. The molecule has 0 bridgehead atoms. The van der Waals surface area contributed by atoms with Crippen molar-refractivity contribution in [2.75, 3.05) is 11.6 Å². The summed E-state index contributed by atoms with van der Waals surface area (Å²) in [6, 6.07) is 7.41. The van der Waals surface area contributed by atoms with Crippen LogP contribution in [-0.4, -0.2) is 32.3 Å². The lowest BCUT2D eigenvalue weighted by Gasteiger charge is -2.09. The molecule has 27 heavy (non-hydrogen) atoms. The predicted molar refractivity (Wildman–Crippen MR) is 111 cm³/mol. The number of aromatic nitrogens is 4. The molecule has 6 nitrogen and oxygen atoms in total. The molecule has 0 aliphatic carbocycles. The van der Waals surface area contributed by atoms with Gasteiger partial charge in [0.05, 0.1) is 5.02 Å². The second-order valence-electron chi connectivity index (χ2n) is 5.80. The van der Waals surface area contributed by atoms with E-state index in [1.165, 1.54) is 23.1 Å². The first-order valence-corrected chi connectivity index (χ1v) is 10.7. The standard InChI is InChI=1S/C18H18ClN5OS2/c1-10-12(11(2)21-17(20-10)26-3)8-9-15(25)22-18-24-23-16(27-18)13-6-4-5-7-14(13)19/h4-7H,8-9H2,1-3H3,(H,22,24,25). The van der Waals surface area contributed by atoms with Gasteiger partial charge in [0.25, 0.3) is 0 Å². The second-order valence-corrected chi connectivity index (χ2v) is 7.96. The molecule has 3 rings (SSSR count). The first-order chi connectivity index (χ1) is 13.0. The molecule has 2 heterocycles. The number of hydrogen-bond acceptors (Lipinski definition) is 7. The van der Waals surface area contributed by atoms with Gasteiger partial charge in [-0.3, -0.25) is 4.79 Å². The van der Waals surface area contributed by atoms with Gasteiger partial charge in [-0.2, -0.15) is 0 Å². The number of hydrogen-bond donors (Lipinski definition) is 1. The number of halogens is 1. The van der Waals surface area contributed by atoms with Gasteiger partial charge in [0.2, 0.25) is 11.0 Å². The Morgan fingerprint density at radius 1 is 1.19 bits per heavy atom. The van der Waals surface area contributed by atoms with Crippen LogP contribution in [0.1, 0.15) is 23.4 Å². The van der Waals surface area contributed by atoms with E-state index in [0.29, 0.717) is 28.0 Å². The summed E-state index contributed by atoms with van der Waals surface area (Å²) in [4.78, 5) is 21.2. The fourth-order valence-corrected chi connectivity index (χ4v) is 4.14. The first kappa shape index (κ1) is 19.7. The van der Waals surface area contributed by atoms with Gasteiger partial charge in [0, 0.05) is 23.4 Å². The fourth-order valence-electron chi connectivity index (χ4n) is 2.60. The van der Waals surface area contributed by atoms with Crippen LogP contribution in [0.4, 0.5) is 5.13 Å². The van der Waals surface area contributed by atoms with E-state index in [9.17, 15) is 4.79 Å². The summed E-state index contributed by atoms with van der Waals surface area (Å²) in [5.74, 6) is -0.121. The average Bonchev–Trinajstić information content (AvgIpc) is 3.09. The van der Waals surface area contributed by atoms with Gasteiger partial charge in [-0.05, 0) is 38.2 Å². The number of benzene rings is 1. The molecule has 0 spiro atoms. The van der Waals surface area contributed by atoms with Crippen LogP contribution < -0.4 is 5.32 Å². The lowest BCUT2D eigenvalue weighted by molar-refractivity contribution is -0.116. The van der Waals surface area contributed by atoms with Crippen molar-refractivity contribution in [1.82, 2.24) is 20.2 Å². The molecular formula is C18H18ClN5OS2. The maximum atomic E-state index is 12.3. The van der Waals surface area contributed by atoms with Crippen LogP contribution >= 0.6 is 34.7 Å². The Hall–Kier alpha value is -2.03. The zero-order chi connectivity index (χ0) is 19.4. The van der Waals surface area contributed by atoms with Crippen molar-refractivity contribution in [3.8, 4) is 10.6 Å². The molecule has 0 saturated carbocycles. The van der Waals surface area contributed by atoms with Gasteiger partial charge in [0.1, 0.15) is 0 Å². The Bertz CT molecular complexity index is 953. The van der Waals surface area contributed by atoms with Crippen LogP contribution in [0.25, 0.3) is 10.6 Å². The van der Waals surface area contributed by atoms with Gasteiger partial charge in [-0.15, -0.1) is 10.2 Å². The number of carbonyl (C=O) groups is 1. The van der Waals surface area contributed by atoms with Crippen LogP contribution in [0.15, 0.2) is 29.4 Å². The van der Waals surface area contributed by atoms with Gasteiger partial charge in [-0.1, -0.05) is 52.9 Å². The molecule has 0 saturated heterocycles. The predicted octanol–water partition coefficient (Wildman–Crippen LogP) is 4.56. The molecular weight excluding hydrogens is 402 g/mol. The number of nitrogens with zero attached hydrogens (tertiary/aromatic N) is 4. The molecule has 1 amide bonds. The van der Waals surface area contributed by atoms with Crippen molar-refractivity contribution < 1.29 is 4.79 Å². The molecule has 0 fully saturated rings. The zero-order valence-electron chi connectivity index (χ0n) is 15.1. The number of thioether (sulfide) groups is 1. The van der Waals surface area contributed by atoms with E-state index in [0.717, 1.165) is 27.7 Å². The summed E-state index contributed by atoms with van der Waals surface area (Å²) >= 11 is 8.98. The number of nitrogens with one attached hydrogen (secondary N) is 1. The Kier molecular flexibility index (Phi) is 6.41. The smallest absolute Gasteiger partial charge is 0.226 e. The highest BCUT2D eigenvalue weighted by molar-refractivity contribution is 7.98. The van der Waals surface area contributed by atoms with E-state index < -0.39 is 0 Å². The van der Waals surface area contributed by atoms with Crippen LogP contribution in [-0.2, 0) is 11.2 Å². The molecule has 1 aromatic carbocycles. The summed E-state index contributed by atoms with van der Waals surface area (Å²) in [7, 11) is 0. The third-order valence-electron chi connectivity index (χ3n) is 3.96. The van der Waals surface area contributed by atoms with Crippen molar-refractivity contribution in [2.24, 2.45) is 0 Å². The van der Waals surface area contributed by atoms with Crippen LogP contribution in [0.2, 0.25) is 5.02 Å². The van der Waals surface area contributed by atoms with Crippen molar-refractivity contribution in [2.45, 2.75) is 31.8 Å². The summed E-state index contributed by atoms with van der Waals surface area (Å²) < 4.78 is 0. The van der Waals surface area contributed by atoms with E-state index in [4.69, 9.17) is 11.6 Å².